The van der Waals surface area contributed by atoms with Crippen LogP contribution in [0.1, 0.15) is 50.3 Å². The van der Waals surface area contributed by atoms with Gasteiger partial charge in [0.15, 0.2) is 0 Å². The second-order valence-electron chi connectivity index (χ2n) is 9.96. The van der Waals surface area contributed by atoms with Gasteiger partial charge in [0.25, 0.3) is 0 Å². The van der Waals surface area contributed by atoms with Gasteiger partial charge in [-0.2, -0.15) is 5.17 Å². The van der Waals surface area contributed by atoms with Crippen molar-refractivity contribution in [3.05, 3.63) is 95.7 Å². The molecule has 0 spiro atoms. The number of hydrogen-bond acceptors (Lipinski definition) is 8. The average molecular weight is 593 g/mol. The SMILES string of the molecule is C=C(C=O)/C=C\c1c(C)cccc1N(C)/C=C\C=C\CC.CCC.CNN(O)c1cc(CN2CCOCC2)ccc1OC. The van der Waals surface area contributed by atoms with E-state index in [-0.39, 0.29) is 0 Å². The van der Waals surface area contributed by atoms with Crippen molar-refractivity contribution in [2.24, 2.45) is 0 Å². The fourth-order valence-electron chi connectivity index (χ4n) is 4.03. The summed E-state index contributed by atoms with van der Waals surface area (Å²) in [7, 11) is 5.25. The predicted molar refractivity (Wildman–Crippen MR) is 181 cm³/mol. The molecule has 0 radical (unpaired) electrons. The summed E-state index contributed by atoms with van der Waals surface area (Å²) in [5.41, 5.74) is 8.20. The lowest BCUT2D eigenvalue weighted by molar-refractivity contribution is -0.104. The molecule has 0 bridgehead atoms. The molecule has 43 heavy (non-hydrogen) atoms. The normalized spacial score (nSPS) is 13.3. The number of aldehydes is 1. The molecule has 1 heterocycles. The van der Waals surface area contributed by atoms with Gasteiger partial charge in [-0.25, -0.2) is 5.43 Å². The number of hydrazine groups is 1. The van der Waals surface area contributed by atoms with Crippen molar-refractivity contribution in [3.63, 3.8) is 0 Å². The fourth-order valence-corrected chi connectivity index (χ4v) is 4.03. The topological polar surface area (TPSA) is 77.5 Å². The van der Waals surface area contributed by atoms with E-state index in [0.717, 1.165) is 73.1 Å². The Morgan fingerprint density at radius 3 is 2.44 bits per heavy atom. The first-order chi connectivity index (χ1) is 20.8. The highest BCUT2D eigenvalue weighted by Gasteiger charge is 2.14. The van der Waals surface area contributed by atoms with Crippen molar-refractivity contribution in [2.45, 2.75) is 47.1 Å². The third-order valence-corrected chi connectivity index (χ3v) is 6.28. The fraction of sp³-hybridized carbons (Fsp3) is 0.400. The predicted octanol–water partition coefficient (Wildman–Crippen LogP) is 6.95. The molecule has 1 aliphatic heterocycles. The molecule has 2 aromatic rings. The lowest BCUT2D eigenvalue weighted by Gasteiger charge is -2.27. The molecular formula is C35H52N4O4. The summed E-state index contributed by atoms with van der Waals surface area (Å²) >= 11 is 0. The number of nitrogens with one attached hydrogen (secondary N) is 1. The minimum Gasteiger partial charge on any atom is -0.494 e. The van der Waals surface area contributed by atoms with Crippen LogP contribution in [0.3, 0.4) is 0 Å². The molecule has 0 aromatic heterocycles. The number of morpholine rings is 1. The third-order valence-electron chi connectivity index (χ3n) is 6.28. The van der Waals surface area contributed by atoms with Crippen LogP contribution in [-0.4, -0.2) is 63.9 Å². The van der Waals surface area contributed by atoms with E-state index in [1.54, 1.807) is 20.2 Å². The van der Waals surface area contributed by atoms with Crippen molar-refractivity contribution in [1.29, 1.82) is 0 Å². The summed E-state index contributed by atoms with van der Waals surface area (Å²) < 4.78 is 10.6. The summed E-state index contributed by atoms with van der Waals surface area (Å²) in [6.07, 6.45) is 14.9. The molecule has 8 nitrogen and oxygen atoms in total. The number of benzene rings is 2. The Bertz CT molecular complexity index is 1190. The zero-order valence-corrected chi connectivity index (χ0v) is 27.2. The standard InChI is InChI=1S/C19H23NO.C13H21N3O3.C3H8/c1-5-6-7-8-14-20(4)19-11-9-10-17(3)18(19)13-12-16(2)15-21;1-14-16(17)12-9-11(3-4-13(12)18-2)10-15-5-7-19-8-6-15;1-3-2/h6-15H,2,5H2,1,3-4H3;3-4,9,14,17H,5-8,10H2,1-2H3;3H2,1-2H3/b7-6+,13-12-,14-8-;;. The molecule has 1 fully saturated rings. The van der Waals surface area contributed by atoms with Gasteiger partial charge in [0, 0.05) is 56.8 Å². The van der Waals surface area contributed by atoms with Gasteiger partial charge in [-0.3, -0.25) is 14.9 Å². The highest BCUT2D eigenvalue weighted by Crippen LogP contribution is 2.28. The van der Waals surface area contributed by atoms with Gasteiger partial charge in [0.1, 0.15) is 17.7 Å². The van der Waals surface area contributed by atoms with Crippen LogP contribution in [-0.2, 0) is 16.1 Å². The second-order valence-corrected chi connectivity index (χ2v) is 9.96. The smallest absolute Gasteiger partial charge is 0.149 e. The zero-order valence-electron chi connectivity index (χ0n) is 27.2. The van der Waals surface area contributed by atoms with Crippen LogP contribution >= 0.6 is 0 Å². The van der Waals surface area contributed by atoms with Gasteiger partial charge < -0.3 is 14.4 Å². The van der Waals surface area contributed by atoms with Gasteiger partial charge in [-0.05, 0) is 48.7 Å². The molecule has 1 saturated heterocycles. The van der Waals surface area contributed by atoms with Crippen molar-refractivity contribution in [2.75, 3.05) is 57.6 Å². The van der Waals surface area contributed by atoms with Crippen LogP contribution in [0.2, 0.25) is 0 Å². The van der Waals surface area contributed by atoms with E-state index in [1.165, 1.54) is 6.42 Å². The number of anilines is 2. The molecule has 0 saturated carbocycles. The molecule has 3 rings (SSSR count). The van der Waals surface area contributed by atoms with Crippen molar-refractivity contribution >= 4 is 23.7 Å². The highest BCUT2D eigenvalue weighted by atomic mass is 16.5. The maximum Gasteiger partial charge on any atom is 0.149 e. The number of methoxy groups -OCH3 is 1. The number of hydrogen-bond donors (Lipinski definition) is 2. The Morgan fingerprint density at radius 2 is 1.84 bits per heavy atom. The maximum atomic E-state index is 10.7. The number of nitrogens with zero attached hydrogens (tertiary/aromatic N) is 3. The first-order valence-electron chi connectivity index (χ1n) is 14.9. The van der Waals surface area contributed by atoms with Crippen molar-refractivity contribution < 1.29 is 19.5 Å². The molecular weight excluding hydrogens is 540 g/mol. The van der Waals surface area contributed by atoms with Crippen LogP contribution in [0.5, 0.6) is 5.75 Å². The summed E-state index contributed by atoms with van der Waals surface area (Å²) in [6.45, 7) is 16.4. The Labute approximate surface area is 259 Å². The van der Waals surface area contributed by atoms with Crippen LogP contribution < -0.4 is 20.2 Å². The minimum atomic E-state index is 0.466. The molecule has 236 valence electrons. The van der Waals surface area contributed by atoms with Crippen molar-refractivity contribution in [3.8, 4) is 5.75 Å². The Morgan fingerprint density at radius 1 is 1.14 bits per heavy atom. The third kappa shape index (κ3) is 13.9. The van der Waals surface area contributed by atoms with Gasteiger partial charge in [-0.1, -0.05) is 76.3 Å². The minimum absolute atomic E-state index is 0.466. The number of carbonyl (C=O) groups is 1. The average Bonchev–Trinajstić information content (AvgIpc) is 3.03. The van der Waals surface area contributed by atoms with Gasteiger partial charge >= 0.3 is 0 Å². The summed E-state index contributed by atoms with van der Waals surface area (Å²) in [4.78, 5) is 15.0. The van der Waals surface area contributed by atoms with Crippen LogP contribution in [0.15, 0.2) is 79.1 Å². The summed E-state index contributed by atoms with van der Waals surface area (Å²) in [5, 5.41) is 10.7. The molecule has 2 N–H and O–H groups in total. The number of aryl methyl sites for hydroxylation is 1. The van der Waals surface area contributed by atoms with Crippen LogP contribution in [0.25, 0.3) is 6.08 Å². The first-order valence-corrected chi connectivity index (χ1v) is 14.9. The summed E-state index contributed by atoms with van der Waals surface area (Å²) in [5.74, 6) is 0.627. The second kappa shape index (κ2) is 21.9. The molecule has 0 aliphatic carbocycles. The lowest BCUT2D eigenvalue weighted by atomic mass is 10.0. The molecule has 0 atom stereocenters. The molecule has 2 aromatic carbocycles. The van der Waals surface area contributed by atoms with Crippen LogP contribution in [0.4, 0.5) is 11.4 Å². The van der Waals surface area contributed by atoms with Crippen molar-refractivity contribution in [1.82, 2.24) is 10.3 Å². The van der Waals surface area contributed by atoms with Gasteiger partial charge in [0.2, 0.25) is 0 Å². The van der Waals surface area contributed by atoms with E-state index < -0.39 is 0 Å². The Hall–Kier alpha value is -3.69. The quantitative estimate of drug-likeness (QED) is 0.119. The number of ether oxygens (including phenoxy) is 2. The molecule has 8 heteroatoms. The number of allylic oxidation sites excluding steroid dienone is 5. The summed E-state index contributed by atoms with van der Waals surface area (Å²) in [6, 6.07) is 12.0. The van der Waals surface area contributed by atoms with E-state index in [9.17, 15) is 10.0 Å². The van der Waals surface area contributed by atoms with Crippen LogP contribution in [0, 0.1) is 6.92 Å². The molecule has 0 amide bonds. The molecule has 1 aliphatic rings. The van der Waals surface area contributed by atoms with E-state index in [2.05, 4.69) is 67.7 Å². The Kier molecular flexibility index (Phi) is 19.0. The zero-order chi connectivity index (χ0) is 32.0. The van der Waals surface area contributed by atoms with Gasteiger partial charge in [-0.15, -0.1) is 0 Å². The Balaban J connectivity index is 0.000000395. The van der Waals surface area contributed by atoms with Gasteiger partial charge in [0.05, 0.1) is 20.3 Å². The number of carbonyl (C=O) groups excluding carboxylic acids is 1. The first kappa shape index (κ1) is 37.3. The van der Waals surface area contributed by atoms with E-state index in [1.807, 2.05) is 55.7 Å². The monoisotopic (exact) mass is 592 g/mol. The van der Waals surface area contributed by atoms with E-state index in [0.29, 0.717) is 17.0 Å². The maximum absolute atomic E-state index is 10.7. The van der Waals surface area contributed by atoms with E-state index in [4.69, 9.17) is 9.47 Å². The molecule has 0 unspecified atom stereocenters. The lowest BCUT2D eigenvalue weighted by Crippen LogP contribution is -2.36. The highest BCUT2D eigenvalue weighted by molar-refractivity contribution is 5.81. The largest absolute Gasteiger partial charge is 0.494 e. The number of rotatable bonds is 12. The van der Waals surface area contributed by atoms with E-state index >= 15 is 0 Å².